The van der Waals surface area contributed by atoms with Crippen molar-refractivity contribution < 1.29 is 34.8 Å². The van der Waals surface area contributed by atoms with Gasteiger partial charge >= 0.3 is 17.9 Å². The molecule has 0 saturated carbocycles. The second kappa shape index (κ2) is 4.05. The van der Waals surface area contributed by atoms with E-state index in [-0.39, 0.29) is 0 Å². The number of aliphatic carboxylic acids is 3. The highest BCUT2D eigenvalue weighted by molar-refractivity contribution is 5.88. The molecule has 0 amide bonds. The summed E-state index contributed by atoms with van der Waals surface area (Å²) in [6.45, 7) is 0.863. The van der Waals surface area contributed by atoms with Gasteiger partial charge in [0.05, 0.1) is 6.42 Å². The Kier molecular flexibility index (Phi) is 3.58. The number of carboxylic acid groups (broad SMARTS) is 3. The van der Waals surface area contributed by atoms with Crippen LogP contribution < -0.4 is 0 Å². The Hall–Kier alpha value is -1.63. The Bertz CT molecular complexity index is 271. The summed E-state index contributed by atoms with van der Waals surface area (Å²) in [5.41, 5.74) is -2.22. The standard InChI is InChI=1S/C7H10O7/c1-7(6(13)14,2-3(8)9)4(10)5(11)12/h4,10H,2H2,1H3,(H,8,9)(H,11,12)(H,13,14). The summed E-state index contributed by atoms with van der Waals surface area (Å²) >= 11 is 0. The van der Waals surface area contributed by atoms with E-state index in [9.17, 15) is 14.4 Å². The van der Waals surface area contributed by atoms with Crippen LogP contribution in [0.2, 0.25) is 0 Å². The molecule has 0 radical (unpaired) electrons. The largest absolute Gasteiger partial charge is 0.481 e. The lowest BCUT2D eigenvalue weighted by Crippen LogP contribution is -2.46. The highest BCUT2D eigenvalue weighted by Gasteiger charge is 2.46. The molecule has 0 aliphatic heterocycles. The predicted octanol–water partition coefficient (Wildman–Crippen LogP) is -1.00. The molecule has 7 nitrogen and oxygen atoms in total. The lowest BCUT2D eigenvalue weighted by Gasteiger charge is -2.25. The van der Waals surface area contributed by atoms with Crippen LogP contribution in [0.15, 0.2) is 0 Å². The van der Waals surface area contributed by atoms with E-state index >= 15 is 0 Å². The molecule has 0 bridgehead atoms. The molecule has 0 aliphatic rings. The molecular formula is C7H10O7. The molecule has 0 fully saturated rings. The maximum Gasteiger partial charge on any atom is 0.333 e. The molecule has 0 rings (SSSR count). The molecule has 0 aromatic heterocycles. The smallest absolute Gasteiger partial charge is 0.333 e. The Morgan fingerprint density at radius 3 is 1.86 bits per heavy atom. The number of carboxylic acids is 3. The van der Waals surface area contributed by atoms with Gasteiger partial charge in [0.25, 0.3) is 0 Å². The van der Waals surface area contributed by atoms with Crippen molar-refractivity contribution in [2.75, 3.05) is 0 Å². The maximum absolute atomic E-state index is 10.6. The molecule has 4 N–H and O–H groups in total. The van der Waals surface area contributed by atoms with E-state index in [1.165, 1.54) is 0 Å². The normalized spacial score (nSPS) is 16.7. The van der Waals surface area contributed by atoms with Crippen molar-refractivity contribution in [2.24, 2.45) is 5.41 Å². The summed E-state index contributed by atoms with van der Waals surface area (Å²) in [7, 11) is 0. The second-order valence-electron chi connectivity index (χ2n) is 3.03. The number of rotatable bonds is 5. The van der Waals surface area contributed by atoms with Crippen LogP contribution in [0.1, 0.15) is 13.3 Å². The molecule has 14 heavy (non-hydrogen) atoms. The van der Waals surface area contributed by atoms with Crippen molar-refractivity contribution in [1.82, 2.24) is 0 Å². The Morgan fingerprint density at radius 1 is 1.21 bits per heavy atom. The Balaban J connectivity index is 4.99. The van der Waals surface area contributed by atoms with Crippen LogP contribution >= 0.6 is 0 Å². The fraction of sp³-hybridized carbons (Fsp3) is 0.571. The van der Waals surface area contributed by atoms with Crippen LogP contribution in [0.5, 0.6) is 0 Å². The van der Waals surface area contributed by atoms with Gasteiger partial charge in [-0.3, -0.25) is 9.59 Å². The zero-order valence-electron chi connectivity index (χ0n) is 7.30. The average Bonchev–Trinajstić information content (AvgIpc) is 2.00. The van der Waals surface area contributed by atoms with Crippen molar-refractivity contribution in [3.05, 3.63) is 0 Å². The fourth-order valence-corrected chi connectivity index (χ4v) is 0.876. The van der Waals surface area contributed by atoms with Gasteiger partial charge in [-0.25, -0.2) is 4.79 Å². The number of hydrogen-bond donors (Lipinski definition) is 4. The molecular weight excluding hydrogens is 196 g/mol. The monoisotopic (exact) mass is 206 g/mol. The van der Waals surface area contributed by atoms with E-state index in [2.05, 4.69) is 0 Å². The van der Waals surface area contributed by atoms with E-state index in [1.54, 1.807) is 0 Å². The number of aliphatic hydroxyl groups is 1. The Morgan fingerprint density at radius 2 is 1.64 bits per heavy atom. The highest BCUT2D eigenvalue weighted by Crippen LogP contribution is 2.26. The number of hydrogen-bond acceptors (Lipinski definition) is 4. The van der Waals surface area contributed by atoms with Crippen LogP contribution in [0, 0.1) is 5.41 Å². The third-order valence-electron chi connectivity index (χ3n) is 1.84. The minimum atomic E-state index is -2.25. The van der Waals surface area contributed by atoms with Gasteiger partial charge in [-0.05, 0) is 6.92 Å². The zero-order valence-corrected chi connectivity index (χ0v) is 7.30. The van der Waals surface area contributed by atoms with Gasteiger partial charge in [-0.2, -0.15) is 0 Å². The van der Waals surface area contributed by atoms with Crippen molar-refractivity contribution in [3.63, 3.8) is 0 Å². The number of aliphatic hydroxyl groups excluding tert-OH is 1. The minimum Gasteiger partial charge on any atom is -0.481 e. The van der Waals surface area contributed by atoms with E-state index in [0.29, 0.717) is 0 Å². The first-order valence-corrected chi connectivity index (χ1v) is 3.58. The van der Waals surface area contributed by atoms with Crippen LogP contribution in [-0.4, -0.2) is 44.4 Å². The van der Waals surface area contributed by atoms with Gasteiger partial charge in [0.2, 0.25) is 0 Å². The van der Waals surface area contributed by atoms with Gasteiger partial charge in [-0.15, -0.1) is 0 Å². The lowest BCUT2D eigenvalue weighted by molar-refractivity contribution is -0.172. The van der Waals surface area contributed by atoms with Crippen LogP contribution in [0.25, 0.3) is 0 Å². The van der Waals surface area contributed by atoms with Crippen molar-refractivity contribution in [3.8, 4) is 0 Å². The van der Waals surface area contributed by atoms with Crippen molar-refractivity contribution >= 4 is 17.9 Å². The van der Waals surface area contributed by atoms with E-state index in [0.717, 1.165) is 6.92 Å². The third-order valence-corrected chi connectivity index (χ3v) is 1.84. The Labute approximate surface area is 78.6 Å². The van der Waals surface area contributed by atoms with Gasteiger partial charge in [0.1, 0.15) is 5.41 Å². The summed E-state index contributed by atoms with van der Waals surface area (Å²) in [4.78, 5) is 31.2. The first kappa shape index (κ1) is 12.4. The third kappa shape index (κ3) is 2.43. The summed E-state index contributed by atoms with van der Waals surface area (Å²) in [5, 5.41) is 34.4. The molecule has 7 heteroatoms. The van der Waals surface area contributed by atoms with Crippen LogP contribution in [-0.2, 0) is 14.4 Å². The first-order chi connectivity index (χ1) is 6.21. The predicted molar refractivity (Wildman–Crippen MR) is 41.6 cm³/mol. The molecule has 0 aromatic carbocycles. The second-order valence-corrected chi connectivity index (χ2v) is 3.03. The van der Waals surface area contributed by atoms with Gasteiger partial charge < -0.3 is 20.4 Å². The van der Waals surface area contributed by atoms with Gasteiger partial charge in [0, 0.05) is 0 Å². The summed E-state index contributed by atoms with van der Waals surface area (Å²) in [6, 6.07) is 0. The SMILES string of the molecule is CC(CC(=O)O)(C(=O)O)C(O)C(=O)O. The van der Waals surface area contributed by atoms with E-state index in [4.69, 9.17) is 20.4 Å². The summed E-state index contributed by atoms with van der Waals surface area (Å²) in [5.74, 6) is -4.93. The van der Waals surface area contributed by atoms with Crippen molar-refractivity contribution in [1.29, 1.82) is 0 Å². The molecule has 0 aliphatic carbocycles. The average molecular weight is 206 g/mol. The molecule has 2 unspecified atom stereocenters. The topological polar surface area (TPSA) is 132 Å². The van der Waals surface area contributed by atoms with Crippen LogP contribution in [0.3, 0.4) is 0 Å². The van der Waals surface area contributed by atoms with E-state index < -0.39 is 35.8 Å². The highest BCUT2D eigenvalue weighted by atomic mass is 16.4. The maximum atomic E-state index is 10.6. The summed E-state index contributed by atoms with van der Waals surface area (Å²) < 4.78 is 0. The molecule has 80 valence electrons. The molecule has 0 heterocycles. The molecule has 2 atom stereocenters. The zero-order chi connectivity index (χ0) is 11.5. The van der Waals surface area contributed by atoms with E-state index in [1.807, 2.05) is 0 Å². The fourth-order valence-electron chi connectivity index (χ4n) is 0.876. The van der Waals surface area contributed by atoms with Crippen molar-refractivity contribution in [2.45, 2.75) is 19.4 Å². The van der Waals surface area contributed by atoms with Gasteiger partial charge in [0.15, 0.2) is 6.10 Å². The molecule has 0 aromatic rings. The molecule has 0 spiro atoms. The first-order valence-electron chi connectivity index (χ1n) is 3.58. The van der Waals surface area contributed by atoms with Gasteiger partial charge in [-0.1, -0.05) is 0 Å². The lowest BCUT2D eigenvalue weighted by atomic mass is 9.81. The number of carbonyl (C=O) groups is 3. The quantitative estimate of drug-likeness (QED) is 0.453. The minimum absolute atomic E-state index is 0.863. The summed E-state index contributed by atoms with van der Waals surface area (Å²) in [6.07, 6.45) is -3.22. The van der Waals surface area contributed by atoms with Crippen LogP contribution in [0.4, 0.5) is 0 Å². The molecule has 0 saturated heterocycles.